The molecule has 0 bridgehead atoms. The number of hydrogen-bond donors (Lipinski definition) is 0. The average molecular weight is 344 g/mol. The summed E-state index contributed by atoms with van der Waals surface area (Å²) in [5.41, 5.74) is 0.329. The average Bonchev–Trinajstić information content (AvgIpc) is 2.69. The van der Waals surface area contributed by atoms with E-state index in [2.05, 4.69) is 0 Å². The van der Waals surface area contributed by atoms with Crippen molar-refractivity contribution in [3.05, 3.63) is 40.1 Å². The molecule has 25 heavy (non-hydrogen) atoms. The molecule has 132 valence electrons. The van der Waals surface area contributed by atoms with E-state index in [9.17, 15) is 9.59 Å². The number of carbonyl (C=O) groups is 1. The second-order valence-electron chi connectivity index (χ2n) is 6.11. The molecular weight excluding hydrogens is 324 g/mol. The Morgan fingerprint density at radius 2 is 1.56 bits per heavy atom. The van der Waals surface area contributed by atoms with Gasteiger partial charge in [-0.2, -0.15) is 0 Å². The fourth-order valence-electron chi connectivity index (χ4n) is 3.23. The molecule has 0 atom stereocenters. The van der Waals surface area contributed by atoms with Crippen molar-refractivity contribution in [2.24, 2.45) is 0 Å². The van der Waals surface area contributed by atoms with E-state index in [0.717, 1.165) is 0 Å². The van der Waals surface area contributed by atoms with E-state index in [1.165, 1.54) is 0 Å². The first-order chi connectivity index (χ1) is 12.3. The highest BCUT2D eigenvalue weighted by atomic mass is 16.5. The number of ether oxygens (including phenoxy) is 2. The van der Waals surface area contributed by atoms with Gasteiger partial charge in [0.1, 0.15) is 11.1 Å². The van der Waals surface area contributed by atoms with E-state index >= 15 is 0 Å². The third-order valence-corrected chi connectivity index (χ3v) is 4.59. The third-order valence-electron chi connectivity index (χ3n) is 4.59. The molecule has 2 saturated heterocycles. The van der Waals surface area contributed by atoms with Gasteiger partial charge in [-0.1, -0.05) is 12.1 Å². The van der Waals surface area contributed by atoms with Gasteiger partial charge in [0.2, 0.25) is 11.3 Å². The molecule has 2 aromatic rings. The minimum absolute atomic E-state index is 0.113. The number of amides is 1. The number of nitrogens with zero attached hydrogens (tertiary/aromatic N) is 2. The SMILES string of the molecule is O=C(c1c(N2CCOCC2)oc2ccccc2c1=O)N1CCOCC1. The summed E-state index contributed by atoms with van der Waals surface area (Å²) in [6.07, 6.45) is 0. The number of benzene rings is 1. The van der Waals surface area contributed by atoms with Crippen LogP contribution in [0.1, 0.15) is 10.4 Å². The molecule has 0 saturated carbocycles. The van der Waals surface area contributed by atoms with Crippen LogP contribution in [0.15, 0.2) is 33.5 Å². The standard InChI is InChI=1S/C18H20N2O5/c21-16-13-3-1-2-4-14(13)25-18(20-7-11-24-12-8-20)15(16)17(22)19-5-9-23-10-6-19/h1-4H,5-12H2. The van der Waals surface area contributed by atoms with E-state index in [4.69, 9.17) is 13.9 Å². The van der Waals surface area contributed by atoms with Crippen molar-refractivity contribution in [1.82, 2.24) is 4.90 Å². The van der Waals surface area contributed by atoms with Crippen LogP contribution in [0, 0.1) is 0 Å². The zero-order chi connectivity index (χ0) is 17.2. The summed E-state index contributed by atoms with van der Waals surface area (Å²) >= 11 is 0. The molecule has 3 heterocycles. The lowest BCUT2D eigenvalue weighted by atomic mass is 10.1. The molecule has 4 rings (SSSR count). The van der Waals surface area contributed by atoms with Crippen molar-refractivity contribution in [2.45, 2.75) is 0 Å². The lowest BCUT2D eigenvalue weighted by Gasteiger charge is -2.31. The van der Waals surface area contributed by atoms with Gasteiger partial charge in [0.25, 0.3) is 5.91 Å². The Labute approximate surface area is 144 Å². The highest BCUT2D eigenvalue weighted by Gasteiger charge is 2.30. The molecule has 0 aliphatic carbocycles. The van der Waals surface area contributed by atoms with Gasteiger partial charge in [0, 0.05) is 26.2 Å². The predicted molar refractivity (Wildman–Crippen MR) is 92.2 cm³/mol. The van der Waals surface area contributed by atoms with Gasteiger partial charge < -0.3 is 23.7 Å². The number of morpholine rings is 2. The van der Waals surface area contributed by atoms with Crippen LogP contribution < -0.4 is 10.3 Å². The molecule has 7 heteroatoms. The molecule has 2 fully saturated rings. The first-order valence-electron chi connectivity index (χ1n) is 8.51. The molecule has 0 spiro atoms. The minimum atomic E-state index is -0.288. The van der Waals surface area contributed by atoms with Gasteiger partial charge in [0.05, 0.1) is 31.8 Å². The van der Waals surface area contributed by atoms with Crippen LogP contribution in [0.5, 0.6) is 0 Å². The third kappa shape index (κ3) is 3.01. The van der Waals surface area contributed by atoms with Gasteiger partial charge in [0.15, 0.2) is 0 Å². The predicted octanol–water partition coefficient (Wildman–Crippen LogP) is 1.10. The first kappa shape index (κ1) is 16.1. The van der Waals surface area contributed by atoms with E-state index in [1.54, 1.807) is 23.1 Å². The van der Waals surface area contributed by atoms with Crippen LogP contribution in [0.2, 0.25) is 0 Å². The van der Waals surface area contributed by atoms with E-state index in [-0.39, 0.29) is 16.9 Å². The molecule has 1 aromatic heterocycles. The van der Waals surface area contributed by atoms with Gasteiger partial charge in [-0.25, -0.2) is 0 Å². The Kier molecular flexibility index (Phi) is 4.42. The zero-order valence-corrected chi connectivity index (χ0v) is 13.9. The van der Waals surface area contributed by atoms with Crippen LogP contribution in [-0.2, 0) is 9.47 Å². The van der Waals surface area contributed by atoms with Crippen molar-refractivity contribution in [2.75, 3.05) is 57.5 Å². The second-order valence-corrected chi connectivity index (χ2v) is 6.11. The van der Waals surface area contributed by atoms with Gasteiger partial charge >= 0.3 is 0 Å². The number of hydrogen-bond acceptors (Lipinski definition) is 6. The van der Waals surface area contributed by atoms with Crippen molar-refractivity contribution < 1.29 is 18.7 Å². The Morgan fingerprint density at radius 1 is 0.920 bits per heavy atom. The van der Waals surface area contributed by atoms with Crippen molar-refractivity contribution >= 4 is 22.8 Å². The van der Waals surface area contributed by atoms with Crippen molar-refractivity contribution in [3.63, 3.8) is 0 Å². The van der Waals surface area contributed by atoms with E-state index in [0.29, 0.717) is 69.5 Å². The maximum atomic E-state index is 13.1. The maximum absolute atomic E-state index is 13.1. The molecule has 2 aliphatic rings. The Balaban J connectivity index is 1.85. The van der Waals surface area contributed by atoms with E-state index in [1.807, 2.05) is 11.0 Å². The molecule has 7 nitrogen and oxygen atoms in total. The van der Waals surface area contributed by atoms with Gasteiger partial charge in [-0.05, 0) is 12.1 Å². The van der Waals surface area contributed by atoms with Gasteiger partial charge in [-0.3, -0.25) is 9.59 Å². The number of carbonyl (C=O) groups excluding carboxylic acids is 1. The molecule has 1 aromatic carbocycles. The lowest BCUT2D eigenvalue weighted by Crippen LogP contribution is -2.44. The minimum Gasteiger partial charge on any atom is -0.439 e. The van der Waals surface area contributed by atoms with Crippen molar-refractivity contribution in [1.29, 1.82) is 0 Å². The van der Waals surface area contributed by atoms with Crippen molar-refractivity contribution in [3.8, 4) is 0 Å². The van der Waals surface area contributed by atoms with Crippen LogP contribution >= 0.6 is 0 Å². The second kappa shape index (κ2) is 6.85. The summed E-state index contributed by atoms with van der Waals surface area (Å²) in [7, 11) is 0. The Hall–Kier alpha value is -2.38. The fourth-order valence-corrected chi connectivity index (χ4v) is 3.23. The summed E-state index contributed by atoms with van der Waals surface area (Å²) in [5, 5.41) is 0.427. The van der Waals surface area contributed by atoms with Crippen LogP contribution in [0.3, 0.4) is 0 Å². The summed E-state index contributed by atoms with van der Waals surface area (Å²) in [6.45, 7) is 4.19. The van der Waals surface area contributed by atoms with E-state index < -0.39 is 0 Å². The zero-order valence-electron chi connectivity index (χ0n) is 13.9. The number of anilines is 1. The highest BCUT2D eigenvalue weighted by molar-refractivity contribution is 6.01. The maximum Gasteiger partial charge on any atom is 0.263 e. The topological polar surface area (TPSA) is 72.2 Å². The molecule has 0 unspecified atom stereocenters. The normalized spacial score (nSPS) is 18.6. The lowest BCUT2D eigenvalue weighted by molar-refractivity contribution is 0.0301. The summed E-state index contributed by atoms with van der Waals surface area (Å²) < 4.78 is 16.7. The van der Waals surface area contributed by atoms with Gasteiger partial charge in [-0.15, -0.1) is 0 Å². The first-order valence-corrected chi connectivity index (χ1v) is 8.51. The largest absolute Gasteiger partial charge is 0.439 e. The molecular formula is C18H20N2O5. The molecule has 0 radical (unpaired) electrons. The Morgan fingerprint density at radius 3 is 2.28 bits per heavy atom. The number of para-hydroxylation sites is 1. The van der Waals surface area contributed by atoms with Crippen LogP contribution in [-0.4, -0.2) is 63.4 Å². The van der Waals surface area contributed by atoms with Crippen LogP contribution in [0.4, 0.5) is 5.88 Å². The fraction of sp³-hybridized carbons (Fsp3) is 0.444. The number of rotatable bonds is 2. The molecule has 1 amide bonds. The summed E-state index contributed by atoms with van der Waals surface area (Å²) in [6, 6.07) is 7.04. The summed E-state index contributed by atoms with van der Waals surface area (Å²) in [5.74, 6) is 0.0628. The smallest absolute Gasteiger partial charge is 0.263 e. The summed E-state index contributed by atoms with van der Waals surface area (Å²) in [4.78, 5) is 29.7. The number of fused-ring (bicyclic) bond motifs is 1. The van der Waals surface area contributed by atoms with Crippen LogP contribution in [0.25, 0.3) is 11.0 Å². The highest BCUT2D eigenvalue weighted by Crippen LogP contribution is 2.26. The monoisotopic (exact) mass is 344 g/mol. The molecule has 0 N–H and O–H groups in total. The Bertz CT molecular complexity index is 835. The molecule has 2 aliphatic heterocycles. The quantitative estimate of drug-likeness (QED) is 0.812.